The van der Waals surface area contributed by atoms with Crippen LogP contribution in [0.4, 0.5) is 4.39 Å². The first-order valence-corrected chi connectivity index (χ1v) is 7.27. The molecule has 1 aromatic carbocycles. The molecular weight excluding hydrogens is 277 g/mol. The summed E-state index contributed by atoms with van der Waals surface area (Å²) in [6.07, 6.45) is 0. The third-order valence-electron chi connectivity index (χ3n) is 4.21. The lowest BCUT2D eigenvalue weighted by Crippen LogP contribution is -2.41. The SMILES string of the molecule is CC(C)c1c(F)cc(Cl)cc1B1OC(C)(C)C(C)(C)O1. The van der Waals surface area contributed by atoms with E-state index in [9.17, 15) is 4.39 Å². The van der Waals surface area contributed by atoms with Crippen molar-refractivity contribution in [2.24, 2.45) is 0 Å². The maximum atomic E-state index is 14.2. The highest BCUT2D eigenvalue weighted by Gasteiger charge is 2.52. The van der Waals surface area contributed by atoms with Crippen molar-refractivity contribution in [1.82, 2.24) is 0 Å². The van der Waals surface area contributed by atoms with E-state index in [0.717, 1.165) is 0 Å². The minimum atomic E-state index is -0.592. The predicted molar refractivity (Wildman–Crippen MR) is 81.2 cm³/mol. The van der Waals surface area contributed by atoms with E-state index >= 15 is 0 Å². The lowest BCUT2D eigenvalue weighted by molar-refractivity contribution is 0.00578. The molecule has 1 aliphatic rings. The average molecular weight is 299 g/mol. The van der Waals surface area contributed by atoms with Gasteiger partial charge in [-0.2, -0.15) is 0 Å². The second-order valence-electron chi connectivity index (χ2n) is 6.63. The van der Waals surface area contributed by atoms with Crippen LogP contribution in [-0.2, 0) is 9.31 Å². The Morgan fingerprint density at radius 1 is 1.10 bits per heavy atom. The number of hydrogen-bond acceptors (Lipinski definition) is 2. The number of benzene rings is 1. The smallest absolute Gasteiger partial charge is 0.399 e. The highest BCUT2D eigenvalue weighted by atomic mass is 35.5. The molecule has 0 bridgehead atoms. The molecule has 5 heteroatoms. The Hall–Kier alpha value is -0.575. The molecule has 0 aromatic heterocycles. The molecule has 1 aliphatic heterocycles. The highest BCUT2D eigenvalue weighted by molar-refractivity contribution is 6.63. The van der Waals surface area contributed by atoms with E-state index in [1.54, 1.807) is 6.07 Å². The van der Waals surface area contributed by atoms with Crippen LogP contribution in [0.3, 0.4) is 0 Å². The molecule has 1 fully saturated rings. The lowest BCUT2D eigenvalue weighted by Gasteiger charge is -2.32. The third kappa shape index (κ3) is 2.61. The molecule has 1 heterocycles. The van der Waals surface area contributed by atoms with Crippen LogP contribution in [0.5, 0.6) is 0 Å². The first kappa shape index (κ1) is 15.8. The molecule has 110 valence electrons. The van der Waals surface area contributed by atoms with Crippen molar-refractivity contribution >= 4 is 24.2 Å². The standard InChI is InChI=1S/C15H21BClFO2/c1-9(2)13-11(7-10(17)8-12(13)18)16-19-14(3,4)15(5,6)20-16/h7-9H,1-6H3. The Balaban J connectivity index is 2.49. The van der Waals surface area contributed by atoms with Gasteiger partial charge in [0.05, 0.1) is 11.2 Å². The van der Waals surface area contributed by atoms with E-state index in [0.29, 0.717) is 16.0 Å². The van der Waals surface area contributed by atoms with Gasteiger partial charge < -0.3 is 9.31 Å². The van der Waals surface area contributed by atoms with Crippen molar-refractivity contribution in [3.05, 3.63) is 28.5 Å². The fourth-order valence-electron chi connectivity index (χ4n) is 2.38. The molecule has 2 nitrogen and oxygen atoms in total. The van der Waals surface area contributed by atoms with Gasteiger partial charge in [-0.3, -0.25) is 0 Å². The maximum absolute atomic E-state index is 14.2. The van der Waals surface area contributed by atoms with E-state index in [1.807, 2.05) is 41.5 Å². The first-order chi connectivity index (χ1) is 9.05. The van der Waals surface area contributed by atoms with Crippen molar-refractivity contribution in [3.8, 4) is 0 Å². The summed E-state index contributed by atoms with van der Waals surface area (Å²) in [6, 6.07) is 3.08. The van der Waals surface area contributed by atoms with Crippen molar-refractivity contribution in [2.75, 3.05) is 0 Å². The zero-order valence-electron chi connectivity index (χ0n) is 12.9. The fraction of sp³-hybridized carbons (Fsp3) is 0.600. The van der Waals surface area contributed by atoms with Gasteiger partial charge in [-0.15, -0.1) is 0 Å². The molecule has 0 spiro atoms. The van der Waals surface area contributed by atoms with Crippen LogP contribution in [0.2, 0.25) is 5.02 Å². The lowest BCUT2D eigenvalue weighted by atomic mass is 9.73. The molecule has 2 rings (SSSR count). The van der Waals surface area contributed by atoms with Gasteiger partial charge in [0.15, 0.2) is 0 Å². The predicted octanol–water partition coefficient (Wildman–Crippen LogP) is 3.90. The molecule has 0 N–H and O–H groups in total. The minimum absolute atomic E-state index is 0.0290. The Morgan fingerprint density at radius 2 is 1.60 bits per heavy atom. The summed E-state index contributed by atoms with van der Waals surface area (Å²) in [5, 5.41) is 0.358. The van der Waals surface area contributed by atoms with Gasteiger partial charge in [-0.1, -0.05) is 25.4 Å². The molecule has 20 heavy (non-hydrogen) atoms. The van der Waals surface area contributed by atoms with Gasteiger partial charge >= 0.3 is 7.12 Å². The van der Waals surface area contributed by atoms with E-state index in [4.69, 9.17) is 20.9 Å². The molecule has 0 unspecified atom stereocenters. The molecule has 1 aromatic rings. The Kier molecular flexibility index (Phi) is 3.96. The van der Waals surface area contributed by atoms with Crippen LogP contribution in [0, 0.1) is 5.82 Å². The Morgan fingerprint density at radius 3 is 2.05 bits per heavy atom. The van der Waals surface area contributed by atoms with Gasteiger partial charge in [-0.25, -0.2) is 4.39 Å². The van der Waals surface area contributed by atoms with E-state index in [2.05, 4.69) is 0 Å². The summed E-state index contributed by atoms with van der Waals surface area (Å²) in [7, 11) is -0.592. The molecule has 0 saturated carbocycles. The summed E-state index contributed by atoms with van der Waals surface area (Å²) >= 11 is 6.00. The summed E-state index contributed by atoms with van der Waals surface area (Å²) in [4.78, 5) is 0. The second-order valence-corrected chi connectivity index (χ2v) is 7.07. The summed E-state index contributed by atoms with van der Waals surface area (Å²) < 4.78 is 26.2. The Labute approximate surface area is 125 Å². The molecule has 0 aliphatic carbocycles. The van der Waals surface area contributed by atoms with Crippen LogP contribution in [0.1, 0.15) is 53.0 Å². The normalized spacial score (nSPS) is 20.8. The zero-order valence-corrected chi connectivity index (χ0v) is 13.6. The minimum Gasteiger partial charge on any atom is -0.399 e. The van der Waals surface area contributed by atoms with Crippen molar-refractivity contribution in [2.45, 2.75) is 58.7 Å². The van der Waals surface area contributed by atoms with Crippen molar-refractivity contribution in [1.29, 1.82) is 0 Å². The van der Waals surface area contributed by atoms with Gasteiger partial charge in [-0.05, 0) is 56.8 Å². The van der Waals surface area contributed by atoms with Crippen LogP contribution < -0.4 is 5.46 Å². The van der Waals surface area contributed by atoms with Gasteiger partial charge in [0.1, 0.15) is 5.82 Å². The third-order valence-corrected chi connectivity index (χ3v) is 4.43. The van der Waals surface area contributed by atoms with Gasteiger partial charge in [0.25, 0.3) is 0 Å². The molecule has 0 radical (unpaired) electrons. The monoisotopic (exact) mass is 298 g/mol. The van der Waals surface area contributed by atoms with Crippen molar-refractivity contribution in [3.63, 3.8) is 0 Å². The summed E-state index contributed by atoms with van der Waals surface area (Å²) in [5.41, 5.74) is 0.381. The maximum Gasteiger partial charge on any atom is 0.495 e. The largest absolute Gasteiger partial charge is 0.495 e. The molecule has 1 saturated heterocycles. The van der Waals surface area contributed by atoms with Crippen molar-refractivity contribution < 1.29 is 13.7 Å². The van der Waals surface area contributed by atoms with Crippen LogP contribution in [-0.4, -0.2) is 18.3 Å². The van der Waals surface area contributed by atoms with E-state index in [-0.39, 0.29) is 11.7 Å². The zero-order chi connectivity index (χ0) is 15.3. The van der Waals surface area contributed by atoms with E-state index in [1.165, 1.54) is 6.07 Å². The summed E-state index contributed by atoms with van der Waals surface area (Å²) in [6.45, 7) is 11.8. The van der Waals surface area contributed by atoms with Gasteiger partial charge in [0, 0.05) is 5.02 Å². The van der Waals surface area contributed by atoms with Gasteiger partial charge in [0.2, 0.25) is 0 Å². The fourth-order valence-corrected chi connectivity index (χ4v) is 2.59. The molecule has 0 amide bonds. The van der Waals surface area contributed by atoms with Crippen LogP contribution in [0.15, 0.2) is 12.1 Å². The summed E-state index contributed by atoms with van der Waals surface area (Å²) in [5.74, 6) is -0.279. The molecule has 0 atom stereocenters. The van der Waals surface area contributed by atoms with Crippen LogP contribution >= 0.6 is 11.6 Å². The second kappa shape index (κ2) is 5.01. The quantitative estimate of drug-likeness (QED) is 0.771. The van der Waals surface area contributed by atoms with Crippen LogP contribution in [0.25, 0.3) is 0 Å². The topological polar surface area (TPSA) is 18.5 Å². The average Bonchev–Trinajstić information content (AvgIpc) is 2.46. The van der Waals surface area contributed by atoms with E-state index < -0.39 is 18.3 Å². The molecular formula is C15H21BClFO2. The number of halogens is 2. The first-order valence-electron chi connectivity index (χ1n) is 6.89. The number of rotatable bonds is 2. The highest BCUT2D eigenvalue weighted by Crippen LogP contribution is 2.37. The Bertz CT molecular complexity index is 513. The number of hydrogen-bond donors (Lipinski definition) is 0.